The molecule has 0 aromatic carbocycles. The third-order valence-corrected chi connectivity index (χ3v) is 3.47. The topological polar surface area (TPSA) is 45.1 Å². The summed E-state index contributed by atoms with van der Waals surface area (Å²) < 4.78 is 37.9. The summed E-state index contributed by atoms with van der Waals surface area (Å²) in [5.74, 6) is 0.469. The Labute approximate surface area is 111 Å². The van der Waals surface area contributed by atoms with Crippen LogP contribution in [0.1, 0.15) is 16.0 Å². The van der Waals surface area contributed by atoms with Crippen LogP contribution in [0.15, 0.2) is 29.8 Å². The molecule has 2 N–H and O–H groups in total. The highest BCUT2D eigenvalue weighted by Gasteiger charge is 2.34. The summed E-state index contributed by atoms with van der Waals surface area (Å²) in [7, 11) is 0. The fourth-order valence-corrected chi connectivity index (χ4v) is 2.33. The maximum atomic E-state index is 12.6. The predicted octanol–water partition coefficient (Wildman–Crippen LogP) is 3.27. The average molecular weight is 288 g/mol. The zero-order valence-electron chi connectivity index (χ0n) is 9.74. The molecule has 0 bridgehead atoms. The van der Waals surface area contributed by atoms with Crippen molar-refractivity contribution in [1.29, 1.82) is 0 Å². The van der Waals surface area contributed by atoms with Crippen LogP contribution in [-0.4, -0.2) is 10.1 Å². The Bertz CT molecular complexity index is 537. The fraction of sp³-hybridized carbons (Fsp3) is 0.250. The minimum atomic E-state index is -4.32. The first-order chi connectivity index (χ1) is 9.00. The number of aliphatic hydroxyl groups excluding tert-OH is 1. The van der Waals surface area contributed by atoms with Gasteiger partial charge in [0.2, 0.25) is 0 Å². The monoisotopic (exact) mass is 288 g/mol. The highest BCUT2D eigenvalue weighted by Crippen LogP contribution is 2.36. The van der Waals surface area contributed by atoms with Crippen molar-refractivity contribution in [2.24, 2.45) is 0 Å². The average Bonchev–Trinajstić information content (AvgIpc) is 2.85. The third kappa shape index (κ3) is 3.45. The molecular weight excluding hydrogens is 277 g/mol. The van der Waals surface area contributed by atoms with Gasteiger partial charge in [-0.2, -0.15) is 13.2 Å². The van der Waals surface area contributed by atoms with Gasteiger partial charge in [0.15, 0.2) is 0 Å². The molecule has 0 amide bonds. The van der Waals surface area contributed by atoms with E-state index in [1.807, 2.05) is 0 Å². The molecule has 0 atom stereocenters. The molecule has 2 rings (SSSR count). The zero-order chi connectivity index (χ0) is 13.9. The molecule has 2 heterocycles. The van der Waals surface area contributed by atoms with Gasteiger partial charge >= 0.3 is 6.18 Å². The maximum Gasteiger partial charge on any atom is 0.425 e. The molecule has 0 aliphatic heterocycles. The van der Waals surface area contributed by atoms with Gasteiger partial charge in [0, 0.05) is 12.7 Å². The van der Waals surface area contributed by atoms with E-state index in [4.69, 9.17) is 5.11 Å². The quantitative estimate of drug-likeness (QED) is 0.907. The summed E-state index contributed by atoms with van der Waals surface area (Å²) in [4.78, 5) is 3.40. The van der Waals surface area contributed by atoms with E-state index in [1.54, 1.807) is 12.1 Å². The van der Waals surface area contributed by atoms with Gasteiger partial charge in [0.1, 0.15) is 10.7 Å². The van der Waals surface area contributed by atoms with Gasteiger partial charge in [0.05, 0.1) is 6.61 Å². The summed E-state index contributed by atoms with van der Waals surface area (Å²) >= 11 is 0.679. The highest BCUT2D eigenvalue weighted by atomic mass is 32.1. The smallest absolute Gasteiger partial charge is 0.392 e. The van der Waals surface area contributed by atoms with Crippen LogP contribution in [0.3, 0.4) is 0 Å². The number of hydrogen-bond donors (Lipinski definition) is 2. The Morgan fingerprint density at radius 1 is 1.26 bits per heavy atom. The van der Waals surface area contributed by atoms with Gasteiger partial charge in [-0.3, -0.25) is 0 Å². The number of nitrogens with zero attached hydrogens (tertiary/aromatic N) is 1. The van der Waals surface area contributed by atoms with Crippen molar-refractivity contribution in [3.63, 3.8) is 0 Å². The summed E-state index contributed by atoms with van der Waals surface area (Å²) in [6, 6.07) is 4.72. The van der Waals surface area contributed by atoms with E-state index in [0.29, 0.717) is 22.7 Å². The molecule has 0 radical (unpaired) electrons. The molecule has 0 aliphatic carbocycles. The lowest BCUT2D eigenvalue weighted by atomic mass is 10.2. The van der Waals surface area contributed by atoms with Gasteiger partial charge in [-0.1, -0.05) is 6.07 Å². The molecule has 19 heavy (non-hydrogen) atoms. The number of aromatic nitrogens is 1. The van der Waals surface area contributed by atoms with Crippen molar-refractivity contribution in [3.8, 4) is 0 Å². The number of rotatable bonds is 4. The molecule has 102 valence electrons. The van der Waals surface area contributed by atoms with Crippen molar-refractivity contribution in [3.05, 3.63) is 45.8 Å². The minimum Gasteiger partial charge on any atom is -0.392 e. The first-order valence-electron chi connectivity index (χ1n) is 5.44. The number of pyridine rings is 1. The number of alkyl halides is 3. The van der Waals surface area contributed by atoms with Gasteiger partial charge in [-0.05, 0) is 28.6 Å². The largest absolute Gasteiger partial charge is 0.425 e. The number of hydrogen-bond acceptors (Lipinski definition) is 4. The number of aliphatic hydroxyl groups is 1. The number of anilines is 1. The molecule has 0 saturated carbocycles. The van der Waals surface area contributed by atoms with Crippen LogP contribution in [0, 0.1) is 0 Å². The van der Waals surface area contributed by atoms with Crippen molar-refractivity contribution < 1.29 is 18.3 Å². The molecule has 0 saturated heterocycles. The second-order valence-electron chi connectivity index (χ2n) is 3.84. The van der Waals surface area contributed by atoms with Crippen LogP contribution in [0.25, 0.3) is 0 Å². The van der Waals surface area contributed by atoms with Gasteiger partial charge in [0.25, 0.3) is 0 Å². The Morgan fingerprint density at radius 2 is 2.05 bits per heavy atom. The lowest BCUT2D eigenvalue weighted by Crippen LogP contribution is -2.09. The molecule has 3 nitrogen and oxygen atoms in total. The van der Waals surface area contributed by atoms with E-state index in [-0.39, 0.29) is 18.7 Å². The van der Waals surface area contributed by atoms with Crippen LogP contribution >= 0.6 is 11.3 Å². The van der Waals surface area contributed by atoms with Crippen molar-refractivity contribution in [2.45, 2.75) is 19.3 Å². The van der Waals surface area contributed by atoms with Crippen LogP contribution in [-0.2, 0) is 19.3 Å². The molecule has 0 aliphatic rings. The molecule has 2 aromatic heterocycles. The highest BCUT2D eigenvalue weighted by molar-refractivity contribution is 7.10. The molecular formula is C12H11F3N2OS. The van der Waals surface area contributed by atoms with Crippen molar-refractivity contribution >= 4 is 17.2 Å². The zero-order valence-corrected chi connectivity index (χ0v) is 10.6. The Morgan fingerprint density at radius 3 is 2.63 bits per heavy atom. The first-order valence-corrected chi connectivity index (χ1v) is 6.32. The van der Waals surface area contributed by atoms with Crippen LogP contribution in [0.4, 0.5) is 19.0 Å². The standard InChI is InChI=1S/C12H11F3N2OS/c13-12(14,15)11-9(3-4-19-11)6-17-10-2-1-8(7-18)5-16-10/h1-5,18H,6-7H2,(H,16,17). The molecule has 7 heteroatoms. The van der Waals surface area contributed by atoms with Crippen molar-refractivity contribution in [1.82, 2.24) is 4.98 Å². The predicted molar refractivity (Wildman–Crippen MR) is 66.8 cm³/mol. The maximum absolute atomic E-state index is 12.6. The van der Waals surface area contributed by atoms with E-state index < -0.39 is 11.1 Å². The van der Waals surface area contributed by atoms with Gasteiger partial charge in [-0.15, -0.1) is 11.3 Å². The normalized spacial score (nSPS) is 11.6. The molecule has 0 unspecified atom stereocenters. The fourth-order valence-electron chi connectivity index (χ4n) is 1.53. The van der Waals surface area contributed by atoms with Crippen molar-refractivity contribution in [2.75, 3.05) is 5.32 Å². The minimum absolute atomic E-state index is 0.0593. The van der Waals surface area contributed by atoms with E-state index in [2.05, 4.69) is 10.3 Å². The van der Waals surface area contributed by atoms with Gasteiger partial charge in [-0.25, -0.2) is 4.98 Å². The van der Waals surface area contributed by atoms with E-state index in [1.165, 1.54) is 17.6 Å². The Balaban J connectivity index is 2.04. The van der Waals surface area contributed by atoms with Gasteiger partial charge < -0.3 is 10.4 Å². The summed E-state index contributed by atoms with van der Waals surface area (Å²) in [6.45, 7) is -0.0557. The summed E-state index contributed by atoms with van der Waals surface area (Å²) in [5.41, 5.74) is 0.850. The lowest BCUT2D eigenvalue weighted by Gasteiger charge is -2.09. The molecule has 0 fully saturated rings. The Hall–Kier alpha value is -1.60. The molecule has 2 aromatic rings. The van der Waals surface area contributed by atoms with Crippen LogP contribution < -0.4 is 5.32 Å². The van der Waals surface area contributed by atoms with E-state index in [9.17, 15) is 13.2 Å². The first kappa shape index (κ1) is 13.8. The number of nitrogens with one attached hydrogen (secondary N) is 1. The summed E-state index contributed by atoms with van der Waals surface area (Å²) in [6.07, 6.45) is -2.85. The Kier molecular flexibility index (Phi) is 4.06. The third-order valence-electron chi connectivity index (χ3n) is 2.47. The number of thiophene rings is 1. The lowest BCUT2D eigenvalue weighted by molar-refractivity contribution is -0.134. The number of halogens is 3. The molecule has 0 spiro atoms. The van der Waals surface area contributed by atoms with E-state index in [0.717, 1.165) is 0 Å². The van der Waals surface area contributed by atoms with E-state index >= 15 is 0 Å². The van der Waals surface area contributed by atoms with Crippen LogP contribution in [0.5, 0.6) is 0 Å². The second kappa shape index (κ2) is 5.58. The van der Waals surface area contributed by atoms with Crippen LogP contribution in [0.2, 0.25) is 0 Å². The SMILES string of the molecule is OCc1ccc(NCc2ccsc2C(F)(F)F)nc1. The second-order valence-corrected chi connectivity index (χ2v) is 4.75. The summed E-state index contributed by atoms with van der Waals surface area (Å²) in [5, 5.41) is 13.1.